The zero-order valence-electron chi connectivity index (χ0n) is 17.4. The number of nitrogens with zero attached hydrogens (tertiary/aromatic N) is 3. The monoisotopic (exact) mass is 372 g/mol. The molecule has 0 amide bonds. The average molecular weight is 373 g/mol. The second-order valence-corrected chi connectivity index (χ2v) is 7.30. The van der Waals surface area contributed by atoms with Crippen molar-refractivity contribution < 1.29 is 5.21 Å². The Kier molecular flexibility index (Phi) is 20.0. The smallest absolute Gasteiger partial charge is 0.0962 e. The van der Waals surface area contributed by atoms with E-state index in [1.807, 2.05) is 0 Å². The quantitative estimate of drug-likeness (QED) is 0.154. The van der Waals surface area contributed by atoms with Crippen molar-refractivity contribution in [2.75, 3.05) is 26.2 Å². The largest absolute Gasteiger partial charge is 0.315 e. The van der Waals surface area contributed by atoms with Crippen molar-refractivity contribution in [3.8, 4) is 0 Å². The second kappa shape index (κ2) is 20.6. The molecule has 6 heteroatoms. The number of unbranched alkanes of at least 4 members (excludes halogenated alkanes) is 12. The predicted molar refractivity (Wildman–Crippen MR) is 110 cm³/mol. The molecule has 0 bridgehead atoms. The van der Waals surface area contributed by atoms with Crippen molar-refractivity contribution in [2.24, 2.45) is 5.29 Å². The van der Waals surface area contributed by atoms with Gasteiger partial charge in [0.2, 0.25) is 0 Å². The Morgan fingerprint density at radius 2 is 1.19 bits per heavy atom. The van der Waals surface area contributed by atoms with Crippen LogP contribution in [0.5, 0.6) is 0 Å². The lowest BCUT2D eigenvalue weighted by Gasteiger charge is -2.24. The molecule has 0 fully saturated rings. The van der Waals surface area contributed by atoms with Crippen LogP contribution in [-0.4, -0.2) is 41.7 Å². The molecule has 2 N–H and O–H groups in total. The van der Waals surface area contributed by atoms with Crippen LogP contribution in [0.3, 0.4) is 0 Å². The fraction of sp³-hybridized carbons (Fsp3) is 1.00. The van der Waals surface area contributed by atoms with Crippen LogP contribution >= 0.6 is 0 Å². The first-order chi connectivity index (χ1) is 12.8. The lowest BCUT2D eigenvalue weighted by molar-refractivity contribution is -0.247. The zero-order valence-corrected chi connectivity index (χ0v) is 17.4. The average Bonchev–Trinajstić information content (AvgIpc) is 2.66. The summed E-state index contributed by atoms with van der Waals surface area (Å²) < 4.78 is 0. The summed E-state index contributed by atoms with van der Waals surface area (Å²) >= 11 is 0. The second-order valence-electron chi connectivity index (χ2n) is 7.30. The Hall–Kier alpha value is -0.720. The van der Waals surface area contributed by atoms with Crippen LogP contribution in [0, 0.1) is 4.91 Å². The highest BCUT2D eigenvalue weighted by molar-refractivity contribution is 4.56. The number of nitroso groups, excluding NO2 is 1. The number of hydrogen-bond acceptors (Lipinski definition) is 5. The molecule has 0 unspecified atom stereocenters. The van der Waals surface area contributed by atoms with Gasteiger partial charge in [-0.2, -0.15) is 5.01 Å². The highest BCUT2D eigenvalue weighted by Crippen LogP contribution is 2.09. The molecule has 26 heavy (non-hydrogen) atoms. The van der Waals surface area contributed by atoms with Gasteiger partial charge in [-0.25, -0.2) is 0 Å². The predicted octanol–water partition coefficient (Wildman–Crippen LogP) is 5.67. The standard InChI is InChI=1S/C20H44N4O2/c1-3-5-7-9-11-12-14-16-19-23(24(26)22-25)20-18-21-17-15-13-10-8-6-4-2/h21,26H,3-20H2,1-2H3. The minimum atomic E-state index is 0.466. The summed E-state index contributed by atoms with van der Waals surface area (Å²) in [5, 5.41) is 17.7. The molecule has 0 aliphatic carbocycles. The topological polar surface area (TPSA) is 68.2 Å². The summed E-state index contributed by atoms with van der Waals surface area (Å²) in [6.07, 6.45) is 17.7. The third-order valence-electron chi connectivity index (χ3n) is 4.85. The molecular weight excluding hydrogens is 328 g/mol. The van der Waals surface area contributed by atoms with E-state index >= 15 is 0 Å². The lowest BCUT2D eigenvalue weighted by atomic mass is 10.1. The highest BCUT2D eigenvalue weighted by Gasteiger charge is 2.11. The van der Waals surface area contributed by atoms with Gasteiger partial charge in [0, 0.05) is 19.6 Å². The maximum atomic E-state index is 10.6. The maximum Gasteiger partial charge on any atom is 0.0962 e. The van der Waals surface area contributed by atoms with Crippen LogP contribution in [0.4, 0.5) is 0 Å². The van der Waals surface area contributed by atoms with Gasteiger partial charge in [-0.3, -0.25) is 5.21 Å². The number of hydrogen-bond donors (Lipinski definition) is 2. The van der Waals surface area contributed by atoms with Crippen molar-refractivity contribution in [3.63, 3.8) is 0 Å². The molecule has 0 heterocycles. The normalized spacial score (nSPS) is 11.2. The van der Waals surface area contributed by atoms with Gasteiger partial charge in [0.15, 0.2) is 0 Å². The van der Waals surface area contributed by atoms with E-state index in [1.54, 1.807) is 5.01 Å². The summed E-state index contributed by atoms with van der Waals surface area (Å²) in [4.78, 5) is 10.6. The minimum Gasteiger partial charge on any atom is -0.315 e. The molecule has 0 spiro atoms. The van der Waals surface area contributed by atoms with E-state index in [0.717, 1.165) is 25.9 Å². The van der Waals surface area contributed by atoms with Gasteiger partial charge >= 0.3 is 0 Å². The maximum absolute atomic E-state index is 10.6. The highest BCUT2D eigenvalue weighted by atomic mass is 16.6. The van der Waals surface area contributed by atoms with E-state index in [9.17, 15) is 10.1 Å². The number of nitrogens with one attached hydrogen (secondary N) is 1. The van der Waals surface area contributed by atoms with E-state index in [2.05, 4.69) is 24.5 Å². The van der Waals surface area contributed by atoms with Crippen LogP contribution in [0.2, 0.25) is 0 Å². The first-order valence-electron chi connectivity index (χ1n) is 11.0. The van der Waals surface area contributed by atoms with Crippen molar-refractivity contribution in [3.05, 3.63) is 4.91 Å². The molecule has 0 radical (unpaired) electrons. The van der Waals surface area contributed by atoms with Crippen molar-refractivity contribution in [2.45, 2.75) is 104 Å². The first kappa shape index (κ1) is 25.3. The van der Waals surface area contributed by atoms with Crippen LogP contribution in [0.1, 0.15) is 104 Å². The molecule has 156 valence electrons. The molecule has 0 aromatic heterocycles. The van der Waals surface area contributed by atoms with Crippen LogP contribution < -0.4 is 5.32 Å². The summed E-state index contributed by atoms with van der Waals surface area (Å²) in [6.45, 7) is 7.51. The third-order valence-corrected chi connectivity index (χ3v) is 4.85. The van der Waals surface area contributed by atoms with Gasteiger partial charge in [-0.1, -0.05) is 96.2 Å². The van der Waals surface area contributed by atoms with E-state index in [4.69, 9.17) is 0 Å². The molecule has 0 aliphatic heterocycles. The summed E-state index contributed by atoms with van der Waals surface area (Å²) in [7, 11) is 0. The molecule has 0 rings (SSSR count). The van der Waals surface area contributed by atoms with Gasteiger partial charge < -0.3 is 5.32 Å². The Balaban J connectivity index is 3.62. The number of hydrazine groups is 1. The summed E-state index contributed by atoms with van der Waals surface area (Å²) in [6, 6.07) is 0. The molecule has 0 atom stereocenters. The Morgan fingerprint density at radius 3 is 1.73 bits per heavy atom. The van der Waals surface area contributed by atoms with Gasteiger partial charge in [0.05, 0.1) is 5.29 Å². The Morgan fingerprint density at radius 1 is 0.692 bits per heavy atom. The lowest BCUT2D eigenvalue weighted by Crippen LogP contribution is -2.41. The van der Waals surface area contributed by atoms with Crippen molar-refractivity contribution in [1.29, 1.82) is 0 Å². The molecule has 0 saturated carbocycles. The van der Waals surface area contributed by atoms with Gasteiger partial charge in [-0.05, 0) is 19.4 Å². The molecule has 0 aliphatic rings. The van der Waals surface area contributed by atoms with Crippen molar-refractivity contribution >= 4 is 0 Å². The van der Waals surface area contributed by atoms with Crippen LogP contribution in [0.25, 0.3) is 0 Å². The van der Waals surface area contributed by atoms with Crippen LogP contribution in [0.15, 0.2) is 5.29 Å². The third kappa shape index (κ3) is 16.7. The molecule has 6 nitrogen and oxygen atoms in total. The van der Waals surface area contributed by atoms with Crippen molar-refractivity contribution in [1.82, 2.24) is 15.6 Å². The SMILES string of the molecule is CCCCCCCCCCN(CCNCCCCCCCC)N(O)N=O. The number of rotatable bonds is 21. The molecule has 0 aromatic rings. The molecule has 0 saturated heterocycles. The zero-order chi connectivity index (χ0) is 19.3. The fourth-order valence-electron chi connectivity index (χ4n) is 3.13. The Bertz CT molecular complexity index is 293. The van der Waals surface area contributed by atoms with E-state index in [1.165, 1.54) is 77.0 Å². The summed E-state index contributed by atoms with van der Waals surface area (Å²) in [5.74, 6) is 0. The first-order valence-corrected chi connectivity index (χ1v) is 11.0. The van der Waals surface area contributed by atoms with E-state index < -0.39 is 0 Å². The van der Waals surface area contributed by atoms with Crippen LogP contribution in [-0.2, 0) is 0 Å². The summed E-state index contributed by atoms with van der Waals surface area (Å²) in [5.41, 5.74) is 0. The van der Waals surface area contributed by atoms with E-state index in [-0.39, 0.29) is 0 Å². The minimum absolute atomic E-state index is 0.466. The van der Waals surface area contributed by atoms with E-state index in [0.29, 0.717) is 18.4 Å². The Labute approximate surface area is 161 Å². The van der Waals surface area contributed by atoms with Gasteiger partial charge in [-0.15, -0.1) is 4.91 Å². The van der Waals surface area contributed by atoms with Gasteiger partial charge in [0.1, 0.15) is 0 Å². The molecule has 0 aromatic carbocycles. The molecular formula is C20H44N4O2. The van der Waals surface area contributed by atoms with Gasteiger partial charge in [0.25, 0.3) is 0 Å². The fourth-order valence-corrected chi connectivity index (χ4v) is 3.13.